The molecule has 0 spiro atoms. The summed E-state index contributed by atoms with van der Waals surface area (Å²) in [6, 6.07) is 21.2. The summed E-state index contributed by atoms with van der Waals surface area (Å²) in [6.45, 7) is 2.00. The summed E-state index contributed by atoms with van der Waals surface area (Å²) in [7, 11) is -0.680. The van der Waals surface area contributed by atoms with Gasteiger partial charge in [-0.25, -0.2) is 0 Å². The molecule has 0 aliphatic carbocycles. The molecule has 0 amide bonds. The fourth-order valence-corrected chi connectivity index (χ4v) is 5.10. The van der Waals surface area contributed by atoms with Crippen LogP contribution in [0.2, 0.25) is 0 Å². The van der Waals surface area contributed by atoms with Gasteiger partial charge in [0, 0.05) is 18.1 Å². The van der Waals surface area contributed by atoms with E-state index in [1.807, 2.05) is 43.3 Å². The minimum absolute atomic E-state index is 0.207. The second-order valence-electron chi connectivity index (χ2n) is 7.33. The van der Waals surface area contributed by atoms with Gasteiger partial charge in [0.05, 0.1) is 30.9 Å². The Morgan fingerprint density at radius 3 is 2.29 bits per heavy atom. The number of rotatable bonds is 6. The van der Waals surface area contributed by atoms with E-state index in [0.29, 0.717) is 23.6 Å². The van der Waals surface area contributed by atoms with Gasteiger partial charge in [0.2, 0.25) is 0 Å². The third kappa shape index (κ3) is 4.01. The Hall–Kier alpha value is -3.32. The van der Waals surface area contributed by atoms with E-state index in [9.17, 15) is 8.42 Å². The van der Waals surface area contributed by atoms with Crippen molar-refractivity contribution in [2.45, 2.75) is 24.3 Å². The lowest BCUT2D eigenvalue weighted by Gasteiger charge is -2.23. The number of ether oxygens (including phenoxy) is 2. The molecule has 0 N–H and O–H groups in total. The van der Waals surface area contributed by atoms with Gasteiger partial charge < -0.3 is 9.47 Å². The van der Waals surface area contributed by atoms with E-state index in [1.165, 1.54) is 4.41 Å². The van der Waals surface area contributed by atoms with Crippen molar-refractivity contribution in [3.63, 3.8) is 0 Å². The summed E-state index contributed by atoms with van der Waals surface area (Å²) in [5.41, 5.74) is 3.38. The summed E-state index contributed by atoms with van der Waals surface area (Å²) >= 11 is 0. The Morgan fingerprint density at radius 1 is 0.935 bits per heavy atom. The summed E-state index contributed by atoms with van der Waals surface area (Å²) in [6.07, 6.45) is 0.428. The molecule has 0 fully saturated rings. The summed E-state index contributed by atoms with van der Waals surface area (Å²) < 4.78 is 39.0. The largest absolute Gasteiger partial charge is 0.497 e. The van der Waals surface area contributed by atoms with Crippen molar-refractivity contribution in [1.82, 2.24) is 4.41 Å². The van der Waals surface area contributed by atoms with Gasteiger partial charge in [0.25, 0.3) is 10.0 Å². The molecule has 7 heteroatoms. The maximum Gasteiger partial charge on any atom is 0.279 e. The SMILES string of the molecule is COc1ccc(C2=NN(S(=O)(=O)c3ccccc3)[C@@H](c3ccc(C)cc3)C2)c(OC)c1. The summed E-state index contributed by atoms with van der Waals surface area (Å²) in [5, 5.41) is 4.59. The first-order valence-corrected chi connectivity index (χ1v) is 11.3. The highest BCUT2D eigenvalue weighted by molar-refractivity contribution is 7.89. The fourth-order valence-electron chi connectivity index (χ4n) is 3.65. The molecule has 6 nitrogen and oxygen atoms in total. The molecule has 0 saturated heterocycles. The van der Waals surface area contributed by atoms with Gasteiger partial charge in [-0.15, -0.1) is 0 Å². The molecule has 0 radical (unpaired) electrons. The van der Waals surface area contributed by atoms with Gasteiger partial charge >= 0.3 is 0 Å². The average Bonchev–Trinajstić information content (AvgIpc) is 3.26. The molecule has 1 heterocycles. The van der Waals surface area contributed by atoms with Crippen LogP contribution in [0.5, 0.6) is 11.5 Å². The van der Waals surface area contributed by atoms with Gasteiger partial charge in [-0.2, -0.15) is 17.9 Å². The molecule has 0 aromatic heterocycles. The minimum Gasteiger partial charge on any atom is -0.497 e. The van der Waals surface area contributed by atoms with Crippen molar-refractivity contribution >= 4 is 15.7 Å². The van der Waals surface area contributed by atoms with Crippen LogP contribution in [0, 0.1) is 6.92 Å². The number of aryl methyl sites for hydroxylation is 1. The van der Waals surface area contributed by atoms with Crippen LogP contribution in [0.1, 0.15) is 29.2 Å². The molecule has 3 aromatic carbocycles. The monoisotopic (exact) mass is 436 g/mol. The normalized spacial score (nSPS) is 16.2. The summed E-state index contributed by atoms with van der Waals surface area (Å²) in [5.74, 6) is 1.24. The standard InChI is InChI=1S/C24H24N2O4S/c1-17-9-11-18(12-10-17)23-16-22(21-14-13-19(29-2)15-24(21)30-3)25-26(23)31(27,28)20-7-5-4-6-8-20/h4-15,23H,16H2,1-3H3/t23-/m1/s1. The first-order valence-electron chi connectivity index (χ1n) is 9.90. The van der Waals surface area contributed by atoms with Crippen LogP contribution >= 0.6 is 0 Å². The van der Waals surface area contributed by atoms with Gasteiger partial charge in [0.1, 0.15) is 11.5 Å². The van der Waals surface area contributed by atoms with Gasteiger partial charge in [-0.05, 0) is 36.8 Å². The van der Waals surface area contributed by atoms with E-state index < -0.39 is 16.1 Å². The minimum atomic E-state index is -3.84. The molecule has 31 heavy (non-hydrogen) atoms. The van der Waals surface area contributed by atoms with Crippen molar-refractivity contribution in [2.24, 2.45) is 5.10 Å². The first-order chi connectivity index (χ1) is 14.9. The van der Waals surface area contributed by atoms with Crippen LogP contribution in [0.15, 0.2) is 82.8 Å². The maximum atomic E-state index is 13.5. The van der Waals surface area contributed by atoms with Gasteiger partial charge in [0.15, 0.2) is 0 Å². The summed E-state index contributed by atoms with van der Waals surface area (Å²) in [4.78, 5) is 0.207. The fraction of sp³-hybridized carbons (Fsp3) is 0.208. The molecule has 1 aliphatic rings. The van der Waals surface area contributed by atoms with Crippen molar-refractivity contribution in [1.29, 1.82) is 0 Å². The number of hydrogen-bond donors (Lipinski definition) is 0. The van der Waals surface area contributed by atoms with E-state index in [0.717, 1.165) is 16.7 Å². The molecule has 4 rings (SSSR count). The highest BCUT2D eigenvalue weighted by atomic mass is 32.2. The lowest BCUT2D eigenvalue weighted by Crippen LogP contribution is -2.27. The molecular weight excluding hydrogens is 412 g/mol. The highest BCUT2D eigenvalue weighted by Crippen LogP contribution is 2.39. The second-order valence-corrected chi connectivity index (χ2v) is 9.13. The predicted octanol–water partition coefficient (Wildman–Crippen LogP) is 4.55. The van der Waals surface area contributed by atoms with Gasteiger partial charge in [-0.1, -0.05) is 48.0 Å². The number of hydrazone groups is 1. The average molecular weight is 437 g/mol. The van der Waals surface area contributed by atoms with Crippen molar-refractivity contribution in [3.8, 4) is 11.5 Å². The van der Waals surface area contributed by atoms with E-state index in [1.54, 1.807) is 50.6 Å². The molecular formula is C24H24N2O4S. The molecule has 0 saturated carbocycles. The van der Waals surface area contributed by atoms with E-state index in [2.05, 4.69) is 5.10 Å². The van der Waals surface area contributed by atoms with Crippen LogP contribution < -0.4 is 9.47 Å². The second kappa shape index (κ2) is 8.43. The molecule has 1 aliphatic heterocycles. The van der Waals surface area contributed by atoms with E-state index in [-0.39, 0.29) is 4.90 Å². The van der Waals surface area contributed by atoms with Crippen LogP contribution in [0.25, 0.3) is 0 Å². The van der Waals surface area contributed by atoms with Crippen molar-refractivity contribution < 1.29 is 17.9 Å². The molecule has 3 aromatic rings. The van der Waals surface area contributed by atoms with Crippen LogP contribution in [-0.2, 0) is 10.0 Å². The van der Waals surface area contributed by atoms with Crippen molar-refractivity contribution in [3.05, 3.63) is 89.5 Å². The van der Waals surface area contributed by atoms with Crippen LogP contribution in [0.4, 0.5) is 0 Å². The topological polar surface area (TPSA) is 68.2 Å². The lowest BCUT2D eigenvalue weighted by molar-refractivity contribution is 0.371. The number of hydrogen-bond acceptors (Lipinski definition) is 5. The molecule has 0 bridgehead atoms. The lowest BCUT2D eigenvalue weighted by atomic mass is 9.98. The molecule has 1 atom stereocenters. The number of sulfonamides is 1. The Labute approximate surface area is 182 Å². The first kappa shape index (κ1) is 20.9. The quantitative estimate of drug-likeness (QED) is 0.568. The van der Waals surface area contributed by atoms with Gasteiger partial charge in [-0.3, -0.25) is 0 Å². The predicted molar refractivity (Wildman–Crippen MR) is 120 cm³/mol. The zero-order valence-electron chi connectivity index (χ0n) is 17.6. The number of nitrogens with zero attached hydrogens (tertiary/aromatic N) is 2. The number of benzene rings is 3. The highest BCUT2D eigenvalue weighted by Gasteiger charge is 2.38. The number of methoxy groups -OCH3 is 2. The zero-order valence-corrected chi connectivity index (χ0v) is 18.5. The third-order valence-corrected chi connectivity index (χ3v) is 7.04. The Morgan fingerprint density at radius 2 is 1.65 bits per heavy atom. The Bertz CT molecular complexity index is 1210. The maximum absolute atomic E-state index is 13.5. The van der Waals surface area contributed by atoms with Crippen LogP contribution in [0.3, 0.4) is 0 Å². The van der Waals surface area contributed by atoms with E-state index >= 15 is 0 Å². The molecule has 160 valence electrons. The van der Waals surface area contributed by atoms with E-state index in [4.69, 9.17) is 9.47 Å². The Kier molecular flexibility index (Phi) is 5.69. The van der Waals surface area contributed by atoms with Crippen molar-refractivity contribution in [2.75, 3.05) is 14.2 Å². The Balaban J connectivity index is 1.82. The smallest absolute Gasteiger partial charge is 0.279 e. The molecule has 0 unspecified atom stereocenters. The zero-order chi connectivity index (χ0) is 22.0. The van der Waals surface area contributed by atoms with Crippen LogP contribution in [-0.4, -0.2) is 32.8 Å². The third-order valence-electron chi connectivity index (χ3n) is 5.34.